The van der Waals surface area contributed by atoms with E-state index in [0.717, 1.165) is 49.4 Å². The Labute approximate surface area is 148 Å². The van der Waals surface area contributed by atoms with Crippen molar-refractivity contribution >= 4 is 5.91 Å². The van der Waals surface area contributed by atoms with E-state index in [2.05, 4.69) is 32.3 Å². The molecular formula is C19H25N5O. The molecular weight excluding hydrogens is 314 g/mol. The van der Waals surface area contributed by atoms with Gasteiger partial charge in [0.15, 0.2) is 0 Å². The van der Waals surface area contributed by atoms with Gasteiger partial charge >= 0.3 is 0 Å². The van der Waals surface area contributed by atoms with Gasteiger partial charge in [-0.1, -0.05) is 30.3 Å². The normalized spacial score (nSPS) is 19.1. The van der Waals surface area contributed by atoms with Gasteiger partial charge in [0.05, 0.1) is 6.04 Å². The predicted molar refractivity (Wildman–Crippen MR) is 94.9 cm³/mol. The maximum absolute atomic E-state index is 12.8. The average molecular weight is 339 g/mol. The Morgan fingerprint density at radius 1 is 1.20 bits per heavy atom. The number of nitrogens with zero attached hydrogens (tertiary/aromatic N) is 3. The molecule has 0 unspecified atom stereocenters. The van der Waals surface area contributed by atoms with Crippen LogP contribution in [-0.4, -0.2) is 26.7 Å². The van der Waals surface area contributed by atoms with Gasteiger partial charge in [0.25, 0.3) is 0 Å². The van der Waals surface area contributed by atoms with Crippen molar-refractivity contribution in [2.45, 2.75) is 63.7 Å². The highest BCUT2D eigenvalue weighted by atomic mass is 16.2. The molecule has 2 atom stereocenters. The Morgan fingerprint density at radius 3 is 2.76 bits per heavy atom. The summed E-state index contributed by atoms with van der Waals surface area (Å²) in [7, 11) is 0. The van der Waals surface area contributed by atoms with Crippen LogP contribution in [0.15, 0.2) is 30.3 Å². The molecule has 2 aliphatic rings. The minimum absolute atomic E-state index is 0.0407. The monoisotopic (exact) mass is 339 g/mol. The smallest absolute Gasteiger partial charge is 0.241 e. The summed E-state index contributed by atoms with van der Waals surface area (Å²) in [5, 5.41) is 15.3. The molecule has 1 aromatic heterocycles. The van der Waals surface area contributed by atoms with Crippen molar-refractivity contribution in [3.63, 3.8) is 0 Å². The molecule has 4 rings (SSSR count). The van der Waals surface area contributed by atoms with Crippen LogP contribution in [0.1, 0.15) is 61.9 Å². The van der Waals surface area contributed by atoms with E-state index in [9.17, 15) is 4.79 Å². The largest absolute Gasteiger partial charge is 0.352 e. The Kier molecular flexibility index (Phi) is 4.53. The lowest BCUT2D eigenvalue weighted by molar-refractivity contribution is -0.123. The van der Waals surface area contributed by atoms with Crippen molar-refractivity contribution in [3.05, 3.63) is 47.5 Å². The zero-order valence-electron chi connectivity index (χ0n) is 14.6. The van der Waals surface area contributed by atoms with Crippen molar-refractivity contribution in [3.8, 4) is 0 Å². The third-order valence-corrected chi connectivity index (χ3v) is 5.01. The standard InChI is InChI=1S/C19H25N5O/c1-13(18-23-22-16-9-5-6-12-24(16)18)20-17(14-7-3-2-4-8-14)19(25)21-15-10-11-15/h2-4,7-8,13,15,17,20H,5-6,9-12H2,1H3,(H,21,25)/t13-,17-/m1/s1. The van der Waals surface area contributed by atoms with Crippen molar-refractivity contribution < 1.29 is 4.79 Å². The van der Waals surface area contributed by atoms with Gasteiger partial charge < -0.3 is 9.88 Å². The van der Waals surface area contributed by atoms with E-state index in [1.54, 1.807) is 0 Å². The van der Waals surface area contributed by atoms with Crippen molar-refractivity contribution in [1.82, 2.24) is 25.4 Å². The van der Waals surface area contributed by atoms with Gasteiger partial charge in [0, 0.05) is 19.0 Å². The summed E-state index contributed by atoms with van der Waals surface area (Å²) in [6.45, 7) is 3.03. The first-order valence-electron chi connectivity index (χ1n) is 9.25. The first-order valence-corrected chi connectivity index (χ1v) is 9.25. The van der Waals surface area contributed by atoms with Crippen LogP contribution in [0.25, 0.3) is 0 Å². The molecule has 6 nitrogen and oxygen atoms in total. The molecule has 6 heteroatoms. The van der Waals surface area contributed by atoms with E-state index < -0.39 is 0 Å². The summed E-state index contributed by atoms with van der Waals surface area (Å²) in [5.41, 5.74) is 0.978. The van der Waals surface area contributed by atoms with Crippen LogP contribution in [0.2, 0.25) is 0 Å². The van der Waals surface area contributed by atoms with Crippen LogP contribution in [0.3, 0.4) is 0 Å². The lowest BCUT2D eigenvalue weighted by Gasteiger charge is -2.24. The molecule has 1 fully saturated rings. The minimum atomic E-state index is -0.381. The fourth-order valence-electron chi connectivity index (χ4n) is 3.46. The first-order chi connectivity index (χ1) is 12.2. The SMILES string of the molecule is C[C@@H](N[C@@H](C(=O)NC1CC1)c1ccccc1)c1nnc2n1CCCC2. The zero-order chi connectivity index (χ0) is 17.2. The molecule has 2 aromatic rings. The van der Waals surface area contributed by atoms with Gasteiger partial charge in [-0.2, -0.15) is 0 Å². The van der Waals surface area contributed by atoms with Crippen molar-refractivity contribution in [2.75, 3.05) is 0 Å². The van der Waals surface area contributed by atoms with E-state index in [1.165, 1.54) is 6.42 Å². The number of fused-ring (bicyclic) bond motifs is 1. The summed E-state index contributed by atoms with van der Waals surface area (Å²) < 4.78 is 2.21. The highest BCUT2D eigenvalue weighted by Gasteiger charge is 2.30. The Bertz CT molecular complexity index is 738. The maximum Gasteiger partial charge on any atom is 0.241 e. The average Bonchev–Trinajstić information content (AvgIpc) is 3.35. The lowest BCUT2D eigenvalue weighted by Crippen LogP contribution is -2.40. The molecule has 0 bridgehead atoms. The molecule has 1 aliphatic carbocycles. The molecule has 2 heterocycles. The number of carbonyl (C=O) groups excluding carboxylic acids is 1. The highest BCUT2D eigenvalue weighted by molar-refractivity contribution is 5.83. The van der Waals surface area contributed by atoms with Crippen LogP contribution in [-0.2, 0) is 17.8 Å². The van der Waals surface area contributed by atoms with Gasteiger partial charge in [-0.05, 0) is 38.2 Å². The summed E-state index contributed by atoms with van der Waals surface area (Å²) in [6.07, 6.45) is 5.50. The van der Waals surface area contributed by atoms with E-state index in [-0.39, 0.29) is 18.0 Å². The second kappa shape index (κ2) is 6.96. The van der Waals surface area contributed by atoms with Crippen LogP contribution >= 0.6 is 0 Å². The number of aromatic nitrogens is 3. The molecule has 1 amide bonds. The number of amides is 1. The number of carbonyl (C=O) groups is 1. The van der Waals surface area contributed by atoms with Crippen molar-refractivity contribution in [2.24, 2.45) is 0 Å². The molecule has 0 saturated heterocycles. The molecule has 1 aromatic carbocycles. The summed E-state index contributed by atoms with van der Waals surface area (Å²) in [4.78, 5) is 12.8. The van der Waals surface area contributed by atoms with Crippen LogP contribution in [0.5, 0.6) is 0 Å². The number of benzene rings is 1. The number of hydrogen-bond donors (Lipinski definition) is 2. The van der Waals surface area contributed by atoms with Gasteiger partial charge in [0.1, 0.15) is 17.7 Å². The maximum atomic E-state index is 12.8. The molecule has 1 saturated carbocycles. The number of rotatable bonds is 6. The van der Waals surface area contributed by atoms with Gasteiger partial charge in [-0.3, -0.25) is 10.1 Å². The Balaban J connectivity index is 1.55. The zero-order valence-corrected chi connectivity index (χ0v) is 14.6. The summed E-state index contributed by atoms with van der Waals surface area (Å²) in [6, 6.07) is 9.82. The van der Waals surface area contributed by atoms with Crippen LogP contribution < -0.4 is 10.6 Å². The van der Waals surface area contributed by atoms with E-state index >= 15 is 0 Å². The Hall–Kier alpha value is -2.21. The van der Waals surface area contributed by atoms with E-state index in [4.69, 9.17) is 0 Å². The van der Waals surface area contributed by atoms with E-state index in [0.29, 0.717) is 6.04 Å². The van der Waals surface area contributed by atoms with Crippen LogP contribution in [0.4, 0.5) is 0 Å². The van der Waals surface area contributed by atoms with Gasteiger partial charge in [0.2, 0.25) is 5.91 Å². The van der Waals surface area contributed by atoms with Gasteiger partial charge in [-0.25, -0.2) is 0 Å². The first kappa shape index (κ1) is 16.3. The number of aryl methyl sites for hydroxylation is 1. The second-order valence-corrected chi connectivity index (χ2v) is 7.10. The summed E-state index contributed by atoms with van der Waals surface area (Å²) in [5.74, 6) is 2.03. The topological polar surface area (TPSA) is 71.8 Å². The number of nitrogens with one attached hydrogen (secondary N) is 2. The molecule has 0 spiro atoms. The Morgan fingerprint density at radius 2 is 2.00 bits per heavy atom. The lowest BCUT2D eigenvalue weighted by atomic mass is 10.0. The van der Waals surface area contributed by atoms with E-state index in [1.807, 2.05) is 30.3 Å². The molecule has 1 aliphatic heterocycles. The third-order valence-electron chi connectivity index (χ3n) is 5.01. The summed E-state index contributed by atoms with van der Waals surface area (Å²) >= 11 is 0. The molecule has 25 heavy (non-hydrogen) atoms. The quantitative estimate of drug-likeness (QED) is 0.847. The highest BCUT2D eigenvalue weighted by Crippen LogP contribution is 2.24. The van der Waals surface area contributed by atoms with Gasteiger partial charge in [-0.15, -0.1) is 10.2 Å². The molecule has 0 radical (unpaired) electrons. The van der Waals surface area contributed by atoms with Crippen molar-refractivity contribution in [1.29, 1.82) is 0 Å². The molecule has 2 N–H and O–H groups in total. The fourth-order valence-corrected chi connectivity index (χ4v) is 3.46. The molecule has 132 valence electrons. The number of hydrogen-bond acceptors (Lipinski definition) is 4. The minimum Gasteiger partial charge on any atom is -0.352 e. The fraction of sp³-hybridized carbons (Fsp3) is 0.526. The predicted octanol–water partition coefficient (Wildman–Crippen LogP) is 2.28. The second-order valence-electron chi connectivity index (χ2n) is 7.10. The van der Waals surface area contributed by atoms with Crippen LogP contribution in [0, 0.1) is 0 Å². The third kappa shape index (κ3) is 3.58.